The van der Waals surface area contributed by atoms with Crippen molar-refractivity contribution in [2.24, 2.45) is 0 Å². The van der Waals surface area contributed by atoms with E-state index < -0.39 is 37.9 Å². The van der Waals surface area contributed by atoms with Gasteiger partial charge in [-0.15, -0.1) is 0 Å². The van der Waals surface area contributed by atoms with E-state index in [4.69, 9.17) is 51.2 Å². The van der Waals surface area contributed by atoms with Crippen LogP contribution in [-0.4, -0.2) is 11.9 Å². The Morgan fingerprint density at radius 2 is 0.650 bits per heavy atom. The van der Waals surface area contributed by atoms with Crippen LogP contribution in [0.5, 0.6) is 0 Å². The molecule has 0 heterocycles. The van der Waals surface area contributed by atoms with Gasteiger partial charge in [0.1, 0.15) is 0 Å². The predicted molar refractivity (Wildman–Crippen MR) is 14.1 cm³/mol. The van der Waals surface area contributed by atoms with E-state index in [1.165, 1.54) is 0 Å². The Balaban J connectivity index is -0.0000000232. The van der Waals surface area contributed by atoms with E-state index >= 15 is 0 Å². The summed E-state index contributed by atoms with van der Waals surface area (Å²) in [4.78, 5) is 17.9. The second-order valence-electron chi connectivity index (χ2n) is 1.33. The Bertz CT molecular complexity index is 468. The molecule has 98 valence electrons. The summed E-state index contributed by atoms with van der Waals surface area (Å²) in [7, 11) is 0. The van der Waals surface area contributed by atoms with Crippen LogP contribution in [0.15, 0.2) is 0 Å². The summed E-state index contributed by atoms with van der Waals surface area (Å²) in [6.45, 7) is 0. The molecule has 0 N–H and O–H groups in total. The van der Waals surface area contributed by atoms with Crippen LogP contribution in [0.3, 0.4) is 0 Å². The Morgan fingerprint density at radius 3 is 0.650 bits per heavy atom. The molecule has 0 fully saturated rings. The molecule has 12 nitrogen and oxygen atoms in total. The Hall–Kier alpha value is 3.97. The predicted octanol–water partition coefficient (Wildman–Crippen LogP) is -18.6. The Labute approximate surface area is 244 Å². The van der Waals surface area contributed by atoms with Crippen molar-refractivity contribution in [2.45, 2.75) is 0 Å². The van der Waals surface area contributed by atoms with Gasteiger partial charge >= 0.3 is 219 Å². The molecular weight excluding hydrogens is 450 g/mol. The second kappa shape index (κ2) is 23.0. The van der Waals surface area contributed by atoms with Crippen molar-refractivity contribution in [2.75, 3.05) is 0 Å². The van der Waals surface area contributed by atoms with E-state index in [2.05, 4.69) is 0 Å². The van der Waals surface area contributed by atoms with Gasteiger partial charge in [0.2, 0.25) is 0 Å². The van der Waals surface area contributed by atoms with Crippen LogP contribution in [-0.2, 0) is 58.5 Å². The van der Waals surface area contributed by atoms with Gasteiger partial charge in [0.15, 0.2) is 0 Å². The Morgan fingerprint density at radius 1 is 0.600 bits per heavy atom. The fourth-order valence-electron chi connectivity index (χ4n) is 0. The molecule has 0 aromatic rings. The van der Waals surface area contributed by atoms with Gasteiger partial charge in [-0.1, -0.05) is 0 Å². The molecule has 0 aliphatic carbocycles. The fraction of sp³-hybridized carbons (Fsp3) is 0. The van der Waals surface area contributed by atoms with Gasteiger partial charge in [-0.05, 0) is 0 Å². The minimum atomic E-state index is -5.62. The van der Waals surface area contributed by atoms with Gasteiger partial charge in [0.05, 0.1) is 11.9 Å². The average molecular weight is 450 g/mol. The minimum absolute atomic E-state index is 0. The summed E-state index contributed by atoms with van der Waals surface area (Å²) in [5.74, 6) is -4.37. The zero-order chi connectivity index (χ0) is 14.2. The number of carboxylic acid groups (broad SMARTS) is 2. The molecule has 0 bridgehead atoms. The molecular formula is C2K2Mn2Na2O12. The number of carboxylic acids is 2. The van der Waals surface area contributed by atoms with E-state index in [1.54, 1.807) is 0 Å². The first kappa shape index (κ1) is 43.9. The maximum absolute atomic E-state index is 8.93. The quantitative estimate of drug-likeness (QED) is 0.247. The first-order chi connectivity index (χ1) is 6.64. The van der Waals surface area contributed by atoms with Crippen molar-refractivity contribution in [3.8, 4) is 0 Å². The van der Waals surface area contributed by atoms with Crippen LogP contribution in [0, 0.1) is 0 Å². The van der Waals surface area contributed by atoms with E-state index in [9.17, 15) is 0 Å². The second-order valence-corrected chi connectivity index (χ2v) is 3.69. The van der Waals surface area contributed by atoms with Gasteiger partial charge in [-0.3, -0.25) is 0 Å². The van der Waals surface area contributed by atoms with E-state index in [-0.39, 0.29) is 162 Å². The number of carbonyl (C=O) groups excluding carboxylic acids is 2. The maximum atomic E-state index is 8.93. The zero-order valence-corrected chi connectivity index (χ0v) is 23.3. The van der Waals surface area contributed by atoms with Crippen molar-refractivity contribution >= 4 is 11.9 Å². The molecule has 0 aromatic heterocycles. The van der Waals surface area contributed by atoms with Crippen LogP contribution >= 0.6 is 0 Å². The number of hydrogen-bond donors (Lipinski definition) is 0. The number of aliphatic carboxylic acids is 2. The van der Waals surface area contributed by atoms with E-state index in [0.29, 0.717) is 0 Å². The van der Waals surface area contributed by atoms with Crippen molar-refractivity contribution < 1.29 is 239 Å². The monoisotopic (exact) mass is 450 g/mol. The third-order valence-electron chi connectivity index (χ3n) is 0.167. The summed E-state index contributed by atoms with van der Waals surface area (Å²) in [5.41, 5.74) is 0. The summed E-state index contributed by atoms with van der Waals surface area (Å²) in [6, 6.07) is 0. The standard InChI is InChI=1S/C2H2O4.2K.2Mn.2Na.8O/c3-1(4)2(5)6;;;;;;;;;;;;;;/h(H,3,4)(H,5,6);;;;;;;;;;;;;;/q;2*+1;;;2*+1;;;;;;;2*-1/p-2. The number of carbonyl (C=O) groups is 2. The van der Waals surface area contributed by atoms with Crippen LogP contribution in [0.25, 0.3) is 0 Å². The molecule has 0 saturated carbocycles. The van der Waals surface area contributed by atoms with Gasteiger partial charge in [-0.25, -0.2) is 0 Å². The molecule has 0 unspecified atom stereocenters. The molecule has 18 heteroatoms. The normalized spacial score (nSPS) is 7.90. The Kier molecular flexibility index (Phi) is 50.4. The molecule has 0 aromatic carbocycles. The fourth-order valence-corrected chi connectivity index (χ4v) is 0. The molecule has 0 spiro atoms. The molecule has 0 saturated heterocycles. The number of hydrogen-bond acceptors (Lipinski definition) is 12. The molecule has 0 amide bonds. The van der Waals surface area contributed by atoms with Crippen LogP contribution in [0.1, 0.15) is 0 Å². The topological polar surface area (TPSA) is 229 Å². The van der Waals surface area contributed by atoms with Gasteiger partial charge < -0.3 is 19.8 Å². The van der Waals surface area contributed by atoms with Crippen molar-refractivity contribution in [1.82, 2.24) is 0 Å². The summed E-state index contributed by atoms with van der Waals surface area (Å²) in [5, 5.41) is 17.9. The summed E-state index contributed by atoms with van der Waals surface area (Å²) >= 11 is -11.2. The van der Waals surface area contributed by atoms with Crippen LogP contribution in [0.2, 0.25) is 0 Å². The summed E-state index contributed by atoms with van der Waals surface area (Å²) < 4.78 is 68.6. The molecule has 0 atom stereocenters. The third-order valence-corrected chi connectivity index (χ3v) is 0.167. The van der Waals surface area contributed by atoms with Gasteiger partial charge in [-0.2, -0.15) is 0 Å². The van der Waals surface area contributed by atoms with Gasteiger partial charge in [0, 0.05) is 0 Å². The van der Waals surface area contributed by atoms with Crippen LogP contribution in [0.4, 0.5) is 0 Å². The van der Waals surface area contributed by atoms with Crippen molar-refractivity contribution in [1.29, 1.82) is 0 Å². The van der Waals surface area contributed by atoms with E-state index in [1.807, 2.05) is 0 Å². The first-order valence-corrected chi connectivity index (χ1v) is 6.16. The SMILES string of the molecule is O=C([O-])C(=O)[O-].[K+].[K+].[Na+].[Na+].[O]=[Mn](=[O])(=[O])[O-].[O]=[Mn](=[O])(=[O])[O-]. The van der Waals surface area contributed by atoms with Crippen LogP contribution < -0.4 is 180 Å². The van der Waals surface area contributed by atoms with Crippen molar-refractivity contribution in [3.63, 3.8) is 0 Å². The van der Waals surface area contributed by atoms with E-state index in [0.717, 1.165) is 0 Å². The molecule has 0 rings (SSSR count). The first-order valence-electron chi connectivity index (χ1n) is 2.30. The average Bonchev–Trinajstić information content (AvgIpc) is 1.77. The van der Waals surface area contributed by atoms with Crippen molar-refractivity contribution in [3.05, 3.63) is 0 Å². The third kappa shape index (κ3) is 152. The molecule has 0 aliphatic heterocycles. The summed E-state index contributed by atoms with van der Waals surface area (Å²) in [6.07, 6.45) is 0. The number of rotatable bonds is 0. The molecule has 20 heavy (non-hydrogen) atoms. The zero-order valence-electron chi connectivity index (χ0n) is 10.7. The molecule has 0 aliphatic rings. The van der Waals surface area contributed by atoms with Gasteiger partial charge in [0.25, 0.3) is 0 Å². The molecule has 0 radical (unpaired) electrons.